The van der Waals surface area contributed by atoms with E-state index in [-0.39, 0.29) is 5.76 Å². The Morgan fingerprint density at radius 1 is 1.30 bits per heavy atom. The van der Waals surface area contributed by atoms with Gasteiger partial charge < -0.3 is 25.7 Å². The van der Waals surface area contributed by atoms with Crippen LogP contribution in [0.4, 0.5) is 5.69 Å². The Labute approximate surface area is 159 Å². The van der Waals surface area contributed by atoms with E-state index in [0.29, 0.717) is 18.3 Å². The summed E-state index contributed by atoms with van der Waals surface area (Å²) in [5.41, 5.74) is 6.47. The Morgan fingerprint density at radius 2 is 2.11 bits per heavy atom. The van der Waals surface area contributed by atoms with Crippen LogP contribution >= 0.6 is 0 Å². The topological polar surface area (TPSA) is 95.9 Å². The van der Waals surface area contributed by atoms with Gasteiger partial charge in [0.15, 0.2) is 11.7 Å². The molecule has 1 aromatic heterocycles. The molecular weight excluding hydrogens is 342 g/mol. The number of primary amides is 1. The van der Waals surface area contributed by atoms with Crippen molar-refractivity contribution >= 4 is 17.6 Å². The number of carbonyl (C=O) groups is 1. The number of rotatable bonds is 6. The molecule has 0 saturated carbocycles. The van der Waals surface area contributed by atoms with E-state index >= 15 is 0 Å². The molecule has 4 N–H and O–H groups in total. The minimum Gasteiger partial charge on any atom is -0.454 e. The molecule has 1 aliphatic rings. The first-order valence-electron chi connectivity index (χ1n) is 9.39. The molecule has 1 atom stereocenters. The van der Waals surface area contributed by atoms with Crippen LogP contribution in [-0.2, 0) is 6.54 Å². The molecule has 2 heterocycles. The Hall–Kier alpha value is -2.96. The van der Waals surface area contributed by atoms with Gasteiger partial charge in [-0.1, -0.05) is 18.2 Å². The number of benzene rings is 1. The molecule has 7 heteroatoms. The number of hydrogen-bond acceptors (Lipinski definition) is 4. The lowest BCUT2D eigenvalue weighted by atomic mass is 10.1. The van der Waals surface area contributed by atoms with Crippen LogP contribution < -0.4 is 21.3 Å². The summed E-state index contributed by atoms with van der Waals surface area (Å²) < 4.78 is 5.39. The Bertz CT molecular complexity index is 772. The maximum Gasteiger partial charge on any atom is 0.284 e. The van der Waals surface area contributed by atoms with Crippen molar-refractivity contribution in [3.63, 3.8) is 0 Å². The summed E-state index contributed by atoms with van der Waals surface area (Å²) in [6.07, 6.45) is 2.23. The molecule has 0 radical (unpaired) electrons. The molecule has 1 aliphatic heterocycles. The molecule has 1 amide bonds. The van der Waals surface area contributed by atoms with Crippen LogP contribution in [0.25, 0.3) is 0 Å². The van der Waals surface area contributed by atoms with E-state index in [9.17, 15) is 4.79 Å². The van der Waals surface area contributed by atoms with Crippen molar-refractivity contribution in [1.82, 2.24) is 10.6 Å². The normalized spacial score (nSPS) is 17.6. The molecule has 7 nitrogen and oxygen atoms in total. The Morgan fingerprint density at radius 3 is 2.81 bits per heavy atom. The smallest absolute Gasteiger partial charge is 0.284 e. The quantitative estimate of drug-likeness (QED) is 0.535. The predicted octanol–water partition coefficient (Wildman–Crippen LogP) is 2.10. The lowest BCUT2D eigenvalue weighted by Gasteiger charge is -2.35. The van der Waals surface area contributed by atoms with Crippen molar-refractivity contribution in [2.75, 3.05) is 24.5 Å². The zero-order valence-electron chi connectivity index (χ0n) is 15.6. The number of guanidine groups is 1. The minimum absolute atomic E-state index is 0.156. The summed E-state index contributed by atoms with van der Waals surface area (Å²) in [5, 5.41) is 6.79. The molecule has 27 heavy (non-hydrogen) atoms. The van der Waals surface area contributed by atoms with Crippen molar-refractivity contribution in [2.45, 2.75) is 32.4 Å². The molecular formula is C20H27N5O2. The number of anilines is 1. The van der Waals surface area contributed by atoms with E-state index in [0.717, 1.165) is 38.4 Å². The van der Waals surface area contributed by atoms with Crippen molar-refractivity contribution < 1.29 is 9.21 Å². The highest BCUT2D eigenvalue weighted by Crippen LogP contribution is 2.19. The summed E-state index contributed by atoms with van der Waals surface area (Å²) in [7, 11) is 0. The SMILES string of the molecule is CCNC(=NCc1ccc(C(N)=O)o1)NC1CCCN(c2ccccc2)C1. The van der Waals surface area contributed by atoms with Gasteiger partial charge in [-0.25, -0.2) is 4.99 Å². The number of amides is 1. The summed E-state index contributed by atoms with van der Waals surface area (Å²) in [5.74, 6) is 0.937. The van der Waals surface area contributed by atoms with E-state index in [4.69, 9.17) is 10.2 Å². The second-order valence-corrected chi connectivity index (χ2v) is 6.59. The fraction of sp³-hybridized carbons (Fsp3) is 0.400. The van der Waals surface area contributed by atoms with Crippen LogP contribution in [0, 0.1) is 0 Å². The third-order valence-corrected chi connectivity index (χ3v) is 4.53. The molecule has 0 aliphatic carbocycles. The van der Waals surface area contributed by atoms with Gasteiger partial charge in [-0.05, 0) is 44.0 Å². The predicted molar refractivity (Wildman–Crippen MR) is 107 cm³/mol. The van der Waals surface area contributed by atoms with Gasteiger partial charge in [-0.15, -0.1) is 0 Å². The third-order valence-electron chi connectivity index (χ3n) is 4.53. The average molecular weight is 369 g/mol. The number of furan rings is 1. The second-order valence-electron chi connectivity index (χ2n) is 6.59. The molecule has 1 unspecified atom stereocenters. The molecule has 0 spiro atoms. The standard InChI is InChI=1S/C20H27N5O2/c1-2-22-20(23-13-17-10-11-18(27-17)19(21)26)24-15-7-6-12-25(14-15)16-8-4-3-5-9-16/h3-5,8-11,15H,2,6-7,12-14H2,1H3,(H2,21,26)(H2,22,23,24). The third kappa shape index (κ3) is 5.26. The van der Waals surface area contributed by atoms with E-state index in [1.54, 1.807) is 12.1 Å². The number of carbonyl (C=O) groups excluding carboxylic acids is 1. The van der Waals surface area contributed by atoms with E-state index in [1.165, 1.54) is 5.69 Å². The zero-order chi connectivity index (χ0) is 19.1. The van der Waals surface area contributed by atoms with E-state index in [2.05, 4.69) is 44.8 Å². The highest BCUT2D eigenvalue weighted by atomic mass is 16.3. The number of aliphatic imine (C=N–C) groups is 1. The first-order valence-corrected chi connectivity index (χ1v) is 9.39. The van der Waals surface area contributed by atoms with E-state index in [1.807, 2.05) is 13.0 Å². The number of hydrogen-bond donors (Lipinski definition) is 3. The zero-order valence-corrected chi connectivity index (χ0v) is 15.6. The van der Waals surface area contributed by atoms with Crippen LogP contribution in [0.15, 0.2) is 51.9 Å². The largest absolute Gasteiger partial charge is 0.454 e. The van der Waals surface area contributed by atoms with Gasteiger partial charge >= 0.3 is 0 Å². The van der Waals surface area contributed by atoms with Crippen LogP contribution in [0.3, 0.4) is 0 Å². The fourth-order valence-electron chi connectivity index (χ4n) is 3.23. The highest BCUT2D eigenvalue weighted by molar-refractivity contribution is 5.89. The molecule has 1 saturated heterocycles. The number of nitrogens with two attached hydrogens (primary N) is 1. The van der Waals surface area contributed by atoms with Crippen LogP contribution in [0.5, 0.6) is 0 Å². The first-order chi connectivity index (χ1) is 13.2. The maximum absolute atomic E-state index is 11.1. The number of piperidine rings is 1. The minimum atomic E-state index is -0.571. The van der Waals surface area contributed by atoms with Crippen molar-refractivity contribution in [3.8, 4) is 0 Å². The lowest BCUT2D eigenvalue weighted by molar-refractivity contribution is 0.0972. The van der Waals surface area contributed by atoms with Crippen molar-refractivity contribution in [3.05, 3.63) is 54.0 Å². The molecule has 3 rings (SSSR count). The lowest BCUT2D eigenvalue weighted by Crippen LogP contribution is -2.51. The number of nitrogens with zero attached hydrogens (tertiary/aromatic N) is 2. The monoisotopic (exact) mass is 369 g/mol. The Kier molecular flexibility index (Phi) is 6.35. The molecule has 2 aromatic rings. The van der Waals surface area contributed by atoms with Gasteiger partial charge in [-0.3, -0.25) is 4.79 Å². The summed E-state index contributed by atoms with van der Waals surface area (Å²) in [6.45, 7) is 5.15. The van der Waals surface area contributed by atoms with Gasteiger partial charge in [0.05, 0.1) is 0 Å². The van der Waals surface area contributed by atoms with Crippen LogP contribution in [0.1, 0.15) is 36.1 Å². The van der Waals surface area contributed by atoms with Gasteiger partial charge in [-0.2, -0.15) is 0 Å². The van der Waals surface area contributed by atoms with E-state index < -0.39 is 5.91 Å². The van der Waals surface area contributed by atoms with Gasteiger partial charge in [0.1, 0.15) is 12.3 Å². The van der Waals surface area contributed by atoms with Gasteiger partial charge in [0.2, 0.25) is 0 Å². The average Bonchev–Trinajstić information content (AvgIpc) is 3.17. The van der Waals surface area contributed by atoms with Crippen molar-refractivity contribution in [2.24, 2.45) is 10.7 Å². The molecule has 144 valence electrons. The van der Waals surface area contributed by atoms with Gasteiger partial charge in [0, 0.05) is 31.4 Å². The number of para-hydroxylation sites is 1. The maximum atomic E-state index is 11.1. The molecule has 1 fully saturated rings. The fourth-order valence-corrected chi connectivity index (χ4v) is 3.23. The first kappa shape index (κ1) is 18.8. The summed E-state index contributed by atoms with van der Waals surface area (Å²) in [6, 6.07) is 14.1. The van der Waals surface area contributed by atoms with Crippen LogP contribution in [0.2, 0.25) is 0 Å². The number of nitrogens with one attached hydrogen (secondary N) is 2. The second kappa shape index (κ2) is 9.12. The highest BCUT2D eigenvalue weighted by Gasteiger charge is 2.21. The summed E-state index contributed by atoms with van der Waals surface area (Å²) >= 11 is 0. The van der Waals surface area contributed by atoms with Gasteiger partial charge in [0.25, 0.3) is 5.91 Å². The van der Waals surface area contributed by atoms with Crippen molar-refractivity contribution in [1.29, 1.82) is 0 Å². The summed E-state index contributed by atoms with van der Waals surface area (Å²) in [4.78, 5) is 18.1. The Balaban J connectivity index is 1.61. The van der Waals surface area contributed by atoms with Crippen LogP contribution in [-0.4, -0.2) is 37.5 Å². The molecule has 0 bridgehead atoms. The molecule has 1 aromatic carbocycles.